The third-order valence-corrected chi connectivity index (χ3v) is 7.86. The highest BCUT2D eigenvalue weighted by Crippen LogP contribution is 2.48. The number of pyridine rings is 2. The van der Waals surface area contributed by atoms with Crippen LogP contribution in [0, 0.1) is 12.7 Å². The molecule has 1 aromatic carbocycles. The van der Waals surface area contributed by atoms with E-state index in [0.717, 1.165) is 41.3 Å². The van der Waals surface area contributed by atoms with Crippen LogP contribution in [0.4, 0.5) is 4.39 Å². The Morgan fingerprint density at radius 2 is 2.06 bits per heavy atom. The van der Waals surface area contributed by atoms with Crippen LogP contribution in [0.3, 0.4) is 0 Å². The minimum atomic E-state index is -1.89. The number of benzene rings is 1. The van der Waals surface area contributed by atoms with Crippen LogP contribution >= 0.6 is 0 Å². The van der Waals surface area contributed by atoms with Crippen molar-refractivity contribution in [3.63, 3.8) is 0 Å². The molecule has 34 heavy (non-hydrogen) atoms. The number of allylic oxidation sites excluding steroid dienone is 1. The van der Waals surface area contributed by atoms with Gasteiger partial charge in [0.25, 0.3) is 5.56 Å². The third kappa shape index (κ3) is 2.50. The predicted molar refractivity (Wildman–Crippen MR) is 125 cm³/mol. The molecule has 4 heterocycles. The van der Waals surface area contributed by atoms with E-state index in [-0.39, 0.29) is 41.6 Å². The summed E-state index contributed by atoms with van der Waals surface area (Å²) >= 11 is 0. The van der Waals surface area contributed by atoms with Crippen LogP contribution in [0.5, 0.6) is 0 Å². The number of ether oxygens (including phenoxy) is 1. The molecule has 2 aromatic heterocycles. The Bertz CT molecular complexity index is 1510. The first-order valence-corrected chi connectivity index (χ1v) is 11.8. The van der Waals surface area contributed by atoms with E-state index in [4.69, 9.17) is 9.72 Å². The molecule has 0 radical (unpaired) electrons. The zero-order valence-electron chi connectivity index (χ0n) is 19.2. The lowest BCUT2D eigenvalue weighted by atomic mass is 9.83. The number of fused-ring (bicyclic) bond motifs is 5. The van der Waals surface area contributed by atoms with Crippen molar-refractivity contribution in [1.29, 1.82) is 0 Å². The van der Waals surface area contributed by atoms with Crippen LogP contribution < -0.4 is 5.56 Å². The lowest BCUT2D eigenvalue weighted by Gasteiger charge is -2.32. The Labute approximate surface area is 195 Å². The lowest BCUT2D eigenvalue weighted by Crippen LogP contribution is -2.44. The second-order valence-corrected chi connectivity index (χ2v) is 9.49. The van der Waals surface area contributed by atoms with Crippen LogP contribution in [-0.4, -0.2) is 20.6 Å². The van der Waals surface area contributed by atoms with Crippen LogP contribution in [0.1, 0.15) is 65.6 Å². The molecule has 0 bridgehead atoms. The molecule has 3 aliphatic rings. The molecule has 0 saturated heterocycles. The maximum Gasteiger partial charge on any atom is 0.343 e. The molecule has 1 unspecified atom stereocenters. The van der Waals surface area contributed by atoms with Crippen molar-refractivity contribution in [2.45, 2.75) is 64.2 Å². The number of aliphatic hydroxyl groups is 1. The van der Waals surface area contributed by atoms with Gasteiger partial charge in [0, 0.05) is 22.6 Å². The highest BCUT2D eigenvalue weighted by Gasteiger charge is 2.46. The molecule has 2 aliphatic heterocycles. The van der Waals surface area contributed by atoms with Crippen molar-refractivity contribution in [2.24, 2.45) is 0 Å². The van der Waals surface area contributed by atoms with Crippen molar-refractivity contribution < 1.29 is 19.0 Å². The summed E-state index contributed by atoms with van der Waals surface area (Å²) in [4.78, 5) is 31.1. The van der Waals surface area contributed by atoms with Gasteiger partial charge in [0.2, 0.25) is 0 Å². The molecule has 0 fully saturated rings. The van der Waals surface area contributed by atoms with E-state index in [1.165, 1.54) is 6.07 Å². The maximum absolute atomic E-state index is 14.8. The van der Waals surface area contributed by atoms with Crippen molar-refractivity contribution in [3.05, 3.63) is 74.3 Å². The summed E-state index contributed by atoms with van der Waals surface area (Å²) in [6.07, 6.45) is 4.89. The number of nitrogens with zero attached hydrogens (tertiary/aromatic N) is 2. The zero-order chi connectivity index (χ0) is 23.9. The van der Waals surface area contributed by atoms with Gasteiger partial charge in [-0.1, -0.05) is 13.0 Å². The number of esters is 1. The van der Waals surface area contributed by atoms with Crippen molar-refractivity contribution >= 4 is 16.9 Å². The Kier molecular flexibility index (Phi) is 4.43. The van der Waals surface area contributed by atoms with Crippen LogP contribution in [0.2, 0.25) is 0 Å². The highest BCUT2D eigenvalue weighted by molar-refractivity contribution is 5.93. The normalized spacial score (nSPS) is 22.2. The number of rotatable bonds is 3. The highest BCUT2D eigenvalue weighted by atomic mass is 19.1. The van der Waals surface area contributed by atoms with Crippen LogP contribution in [0.25, 0.3) is 22.3 Å². The Hall–Kier alpha value is -3.32. The van der Waals surface area contributed by atoms with Gasteiger partial charge in [0.1, 0.15) is 12.4 Å². The van der Waals surface area contributed by atoms with Gasteiger partial charge in [0.05, 0.1) is 28.5 Å². The Morgan fingerprint density at radius 1 is 1.29 bits per heavy atom. The van der Waals surface area contributed by atoms with Gasteiger partial charge in [-0.15, -0.1) is 6.58 Å². The Morgan fingerprint density at radius 3 is 2.79 bits per heavy atom. The SMILES string of the molecule is C=CCC1c2c(nc3cc(F)c(C)c4c3c2CCC4)-c2cc3c(c(=O)n21)COC(=O)[C@]3(O)CC. The molecule has 7 heteroatoms. The fraction of sp³-hybridized carbons (Fsp3) is 0.370. The summed E-state index contributed by atoms with van der Waals surface area (Å²) in [5, 5.41) is 12.1. The van der Waals surface area contributed by atoms with Gasteiger partial charge in [-0.2, -0.15) is 0 Å². The van der Waals surface area contributed by atoms with Crippen molar-refractivity contribution in [2.75, 3.05) is 0 Å². The van der Waals surface area contributed by atoms with Crippen LogP contribution in [-0.2, 0) is 34.6 Å². The fourth-order valence-electron chi connectivity index (χ4n) is 6.11. The van der Waals surface area contributed by atoms with E-state index in [9.17, 15) is 19.1 Å². The summed E-state index contributed by atoms with van der Waals surface area (Å²) in [5.74, 6) is -1.04. The van der Waals surface area contributed by atoms with Crippen molar-refractivity contribution in [1.82, 2.24) is 9.55 Å². The van der Waals surface area contributed by atoms with Gasteiger partial charge < -0.3 is 9.84 Å². The zero-order valence-corrected chi connectivity index (χ0v) is 19.2. The second-order valence-electron chi connectivity index (χ2n) is 9.49. The molecule has 174 valence electrons. The first kappa shape index (κ1) is 21.2. The number of hydrogen-bond donors (Lipinski definition) is 1. The smallest absolute Gasteiger partial charge is 0.343 e. The summed E-state index contributed by atoms with van der Waals surface area (Å²) in [6, 6.07) is 2.88. The number of aromatic nitrogens is 2. The van der Waals surface area contributed by atoms with Gasteiger partial charge >= 0.3 is 5.97 Å². The number of carbonyl (C=O) groups excluding carboxylic acids is 1. The van der Waals surface area contributed by atoms with Crippen molar-refractivity contribution in [3.8, 4) is 11.4 Å². The van der Waals surface area contributed by atoms with E-state index in [1.807, 2.05) is 6.92 Å². The standard InChI is InChI=1S/C27H25FN2O4/c1-4-7-20-23-15-9-6-8-14-13(3)18(28)11-19(22(14)15)29-24(23)21-10-17-16(25(31)30(20)21)12-34-26(32)27(17,33)5-2/h4,10-11,20,33H,1,5-9,12H2,2-3H3/t20?,27-/m0/s1. The lowest BCUT2D eigenvalue weighted by molar-refractivity contribution is -0.172. The van der Waals surface area contributed by atoms with Gasteiger partial charge in [-0.3, -0.25) is 9.36 Å². The van der Waals surface area contributed by atoms with E-state index in [1.54, 1.807) is 23.6 Å². The summed E-state index contributed by atoms with van der Waals surface area (Å²) in [5.41, 5.74) is 3.82. The molecule has 2 atom stereocenters. The topological polar surface area (TPSA) is 81.4 Å². The van der Waals surface area contributed by atoms with Gasteiger partial charge in [0.15, 0.2) is 5.60 Å². The summed E-state index contributed by atoms with van der Waals surface area (Å²) in [6.45, 7) is 7.22. The molecule has 0 saturated carbocycles. The fourth-order valence-corrected chi connectivity index (χ4v) is 6.11. The second kappa shape index (κ2) is 7.09. The number of cyclic esters (lactones) is 1. The molecule has 6 nitrogen and oxygen atoms in total. The third-order valence-electron chi connectivity index (χ3n) is 7.86. The average molecular weight is 461 g/mol. The summed E-state index contributed by atoms with van der Waals surface area (Å²) < 4.78 is 21.7. The van der Waals surface area contributed by atoms with E-state index in [2.05, 4.69) is 6.58 Å². The van der Waals surface area contributed by atoms with Gasteiger partial charge in [-0.05, 0) is 61.8 Å². The number of aryl methyl sites for hydroxylation is 2. The molecule has 3 aromatic rings. The molecule has 0 spiro atoms. The minimum absolute atomic E-state index is 0.0783. The van der Waals surface area contributed by atoms with E-state index >= 15 is 0 Å². The van der Waals surface area contributed by atoms with Gasteiger partial charge in [-0.25, -0.2) is 14.2 Å². The number of carbonyl (C=O) groups is 1. The molecule has 6 rings (SSSR count). The van der Waals surface area contributed by atoms with Crippen LogP contribution in [0.15, 0.2) is 29.6 Å². The molecule has 0 amide bonds. The Balaban J connectivity index is 1.74. The molecular weight excluding hydrogens is 435 g/mol. The van der Waals surface area contributed by atoms with E-state index in [0.29, 0.717) is 28.9 Å². The molecule has 1 aliphatic carbocycles. The monoisotopic (exact) mass is 460 g/mol. The first-order chi connectivity index (χ1) is 16.3. The average Bonchev–Trinajstić information content (AvgIpc) is 3.14. The summed E-state index contributed by atoms with van der Waals surface area (Å²) in [7, 11) is 0. The molecular formula is C27H25FN2O4. The largest absolute Gasteiger partial charge is 0.458 e. The first-order valence-electron chi connectivity index (χ1n) is 11.8. The number of halogens is 1. The van der Waals surface area contributed by atoms with E-state index < -0.39 is 11.6 Å². The number of hydrogen-bond acceptors (Lipinski definition) is 5. The predicted octanol–water partition coefficient (Wildman–Crippen LogP) is 4.13. The molecule has 1 N–H and O–H groups in total. The minimum Gasteiger partial charge on any atom is -0.458 e. The quantitative estimate of drug-likeness (QED) is 0.470. The maximum atomic E-state index is 14.8.